The van der Waals surface area contributed by atoms with Gasteiger partial charge in [-0.3, -0.25) is 9.80 Å². The zero-order valence-electron chi connectivity index (χ0n) is 31.1. The van der Waals surface area contributed by atoms with Crippen molar-refractivity contribution >= 4 is 45.3 Å². The van der Waals surface area contributed by atoms with Gasteiger partial charge < -0.3 is 19.4 Å². The first-order chi connectivity index (χ1) is 25.8. The number of imidazole rings is 2. The lowest BCUT2D eigenvalue weighted by Crippen LogP contribution is -2.38. The molecule has 12 rings (SSSR count). The number of hydrogen-bond acceptors (Lipinski definition) is 8. The van der Waals surface area contributed by atoms with Gasteiger partial charge in [-0.05, 0) is 127 Å². The number of amides is 2. The zero-order valence-corrected chi connectivity index (χ0v) is 31.1. The number of aromatic nitrogens is 6. The third-order valence-corrected chi connectivity index (χ3v) is 11.9. The molecule has 2 N–H and O–H groups in total. The second-order valence-electron chi connectivity index (χ2n) is 17.9. The Hall–Kier alpha value is -5.52. The van der Waals surface area contributed by atoms with Crippen LogP contribution in [0.25, 0.3) is 55.6 Å². The molecule has 3 aliphatic carbocycles. The van der Waals surface area contributed by atoms with Crippen molar-refractivity contribution in [2.24, 2.45) is 23.7 Å². The molecule has 3 saturated carbocycles. The summed E-state index contributed by atoms with van der Waals surface area (Å²) in [7, 11) is 0. The fourth-order valence-corrected chi connectivity index (χ4v) is 9.35. The number of likely N-dealkylation sites (tertiary alicyclic amines) is 1. The van der Waals surface area contributed by atoms with Gasteiger partial charge in [-0.2, -0.15) is 0 Å². The highest BCUT2D eigenvalue weighted by Gasteiger charge is 2.86. The molecule has 12 nitrogen and oxygen atoms in total. The molecule has 0 radical (unpaired) electrons. The number of ether oxygens (including phenoxy) is 2. The Balaban J connectivity index is 0.837. The molecule has 2 amide bonds. The Morgan fingerprint density at radius 3 is 1.72 bits per heavy atom. The maximum atomic E-state index is 13.2. The average Bonchev–Trinajstić information content (AvgIpc) is 3.94. The van der Waals surface area contributed by atoms with E-state index in [2.05, 4.69) is 22.1 Å². The lowest BCUT2D eigenvalue weighted by molar-refractivity contribution is 0.0172. The third-order valence-electron chi connectivity index (χ3n) is 11.9. The summed E-state index contributed by atoms with van der Waals surface area (Å²) in [4.78, 5) is 57.0. The molecule has 6 fully saturated rings. The minimum absolute atomic E-state index is 0.0712. The highest BCUT2D eigenvalue weighted by Crippen LogP contribution is 2.81. The number of carbonyl (C=O) groups excluding carboxylic acids is 2. The number of hydrogen-bond donors (Lipinski definition) is 2. The van der Waals surface area contributed by atoms with Crippen molar-refractivity contribution in [3.63, 3.8) is 0 Å². The highest BCUT2D eigenvalue weighted by molar-refractivity contribution is 5.86. The molecule has 54 heavy (non-hydrogen) atoms. The molecule has 4 unspecified atom stereocenters. The molecule has 7 heterocycles. The summed E-state index contributed by atoms with van der Waals surface area (Å²) in [5.41, 5.74) is 7.67. The van der Waals surface area contributed by atoms with E-state index in [1.807, 2.05) is 99.9 Å². The number of H-pyrrole nitrogens is 2. The van der Waals surface area contributed by atoms with Crippen molar-refractivity contribution in [3.05, 3.63) is 72.3 Å². The fourth-order valence-electron chi connectivity index (χ4n) is 9.35. The number of piperidine rings is 2. The predicted molar refractivity (Wildman–Crippen MR) is 202 cm³/mol. The minimum Gasteiger partial charge on any atom is -0.444 e. The lowest BCUT2D eigenvalue weighted by Gasteiger charge is -2.29. The monoisotopic (exact) mass is 722 g/mol. The average molecular weight is 723 g/mol. The molecule has 2 aromatic carbocycles. The summed E-state index contributed by atoms with van der Waals surface area (Å²) < 4.78 is 11.5. The van der Waals surface area contributed by atoms with Crippen LogP contribution in [-0.2, 0) is 9.47 Å². The molecule has 6 aromatic rings. The van der Waals surface area contributed by atoms with Gasteiger partial charge in [0.1, 0.15) is 22.9 Å². The highest BCUT2D eigenvalue weighted by atomic mass is 16.6. The molecule has 274 valence electrons. The van der Waals surface area contributed by atoms with Gasteiger partial charge in [-0.1, -0.05) is 12.1 Å². The Bertz CT molecular complexity index is 2570. The first-order valence-corrected chi connectivity index (χ1v) is 19.1. The van der Waals surface area contributed by atoms with Crippen LogP contribution in [0.2, 0.25) is 0 Å². The van der Waals surface area contributed by atoms with E-state index in [-0.39, 0.29) is 30.3 Å². The fraction of sp³-hybridized carbons (Fsp3) is 0.429. The molecule has 0 spiro atoms. The van der Waals surface area contributed by atoms with E-state index in [0.717, 1.165) is 80.1 Å². The number of nitrogens with zero attached hydrogens (tertiary/aromatic N) is 6. The van der Waals surface area contributed by atoms with E-state index in [4.69, 9.17) is 29.4 Å². The van der Waals surface area contributed by atoms with Gasteiger partial charge in [0.2, 0.25) is 0 Å². The quantitative estimate of drug-likeness (QED) is 0.185. The minimum atomic E-state index is -0.550. The Labute approximate surface area is 311 Å². The van der Waals surface area contributed by atoms with Crippen LogP contribution in [0.4, 0.5) is 9.59 Å². The van der Waals surface area contributed by atoms with Crippen LogP contribution in [0.5, 0.6) is 0 Å². The molecule has 3 aliphatic heterocycles. The van der Waals surface area contributed by atoms with Gasteiger partial charge in [0.15, 0.2) is 0 Å². The summed E-state index contributed by atoms with van der Waals surface area (Å²) in [6.07, 6.45) is 1.41. The second-order valence-corrected chi connectivity index (χ2v) is 17.9. The van der Waals surface area contributed by atoms with E-state index in [1.165, 1.54) is 0 Å². The summed E-state index contributed by atoms with van der Waals surface area (Å²) in [5, 5.41) is 0. The van der Waals surface area contributed by atoms with Crippen LogP contribution in [0.15, 0.2) is 60.7 Å². The number of carbonyl (C=O) groups is 2. The van der Waals surface area contributed by atoms with E-state index < -0.39 is 11.2 Å². The van der Waals surface area contributed by atoms with E-state index in [9.17, 15) is 9.59 Å². The molecule has 6 aliphatic rings. The molecule has 2 bridgehead atoms. The van der Waals surface area contributed by atoms with Crippen molar-refractivity contribution in [1.82, 2.24) is 39.7 Å². The zero-order chi connectivity index (χ0) is 37.0. The van der Waals surface area contributed by atoms with Crippen LogP contribution in [0, 0.1) is 23.7 Å². The second kappa shape index (κ2) is 10.6. The Kier molecular flexibility index (Phi) is 6.26. The maximum absolute atomic E-state index is 13.2. The Morgan fingerprint density at radius 2 is 1.15 bits per heavy atom. The van der Waals surface area contributed by atoms with Gasteiger partial charge in [0, 0.05) is 23.2 Å². The number of nitrogens with one attached hydrogen (secondary N) is 2. The molecule has 3 saturated heterocycles. The van der Waals surface area contributed by atoms with Crippen molar-refractivity contribution < 1.29 is 19.1 Å². The van der Waals surface area contributed by atoms with Crippen LogP contribution in [0.3, 0.4) is 0 Å². The smallest absolute Gasteiger partial charge is 0.411 e. The normalized spacial score (nSPS) is 27.7. The SMILES string of the molecule is CC(C)(C)OC(=O)N1C(c2nc3ccc(-c4ccc5nc(-c6ccc7nc([C@@H]8C[C@H]9C[C@H]9N8C(=O)OC(C)(C)C)[nH]c7c6)ccc5n4)cc3[nH]2)C2C3C1[C@@H]23. The predicted octanol–water partition coefficient (Wildman–Crippen LogP) is 8.32. The largest absolute Gasteiger partial charge is 0.444 e. The van der Waals surface area contributed by atoms with E-state index >= 15 is 0 Å². The van der Waals surface area contributed by atoms with Crippen LogP contribution >= 0.6 is 0 Å². The number of pyridine rings is 2. The molecular weight excluding hydrogens is 681 g/mol. The van der Waals surface area contributed by atoms with Gasteiger partial charge >= 0.3 is 12.2 Å². The molecule has 4 aromatic heterocycles. The maximum Gasteiger partial charge on any atom is 0.411 e. The first-order valence-electron chi connectivity index (χ1n) is 19.1. The summed E-state index contributed by atoms with van der Waals surface area (Å²) in [6.45, 7) is 11.4. The van der Waals surface area contributed by atoms with Crippen LogP contribution in [-0.4, -0.2) is 75.2 Å². The van der Waals surface area contributed by atoms with Gasteiger partial charge in [-0.15, -0.1) is 0 Å². The topological polar surface area (TPSA) is 142 Å². The van der Waals surface area contributed by atoms with Crippen molar-refractivity contribution in [2.75, 3.05) is 0 Å². The lowest BCUT2D eigenvalue weighted by atomic mass is 10.1. The number of aromatic amines is 2. The van der Waals surface area contributed by atoms with Gasteiger partial charge in [0.05, 0.1) is 56.6 Å². The molecular formula is C42H42N8O4. The molecule has 8 atom stereocenters. The van der Waals surface area contributed by atoms with E-state index in [0.29, 0.717) is 29.7 Å². The van der Waals surface area contributed by atoms with Crippen molar-refractivity contribution in [3.8, 4) is 22.5 Å². The number of fused-ring (bicyclic) bond motifs is 5. The van der Waals surface area contributed by atoms with Crippen LogP contribution in [0.1, 0.15) is 78.1 Å². The Morgan fingerprint density at radius 1 is 0.630 bits per heavy atom. The van der Waals surface area contributed by atoms with Crippen molar-refractivity contribution in [1.29, 1.82) is 0 Å². The number of rotatable bonds is 4. The summed E-state index contributed by atoms with van der Waals surface area (Å²) in [6, 6.07) is 20.6. The van der Waals surface area contributed by atoms with Gasteiger partial charge in [0.25, 0.3) is 0 Å². The van der Waals surface area contributed by atoms with E-state index in [1.54, 1.807) is 0 Å². The van der Waals surface area contributed by atoms with Gasteiger partial charge in [-0.25, -0.2) is 29.5 Å². The summed E-state index contributed by atoms with van der Waals surface area (Å²) in [5.74, 6) is 3.79. The molecule has 12 heteroatoms. The third kappa shape index (κ3) is 5.01. The summed E-state index contributed by atoms with van der Waals surface area (Å²) >= 11 is 0. The number of benzene rings is 2. The van der Waals surface area contributed by atoms with Crippen molar-refractivity contribution in [2.45, 2.75) is 89.8 Å². The first kappa shape index (κ1) is 32.0. The standard InChI is InChI=1S/C42H42N8O4/c1-41(2,3)53-39(51)49-30-17-21(30)18-31(49)37-45-26-9-7-19(15-28(26)47-37)22-11-13-25-24(43-22)14-12-23(44-25)20-8-10-27-29(16-20)48-38(46-27)36-34-32-33(34)35(32)50(36)40(52)54-42(4,5)6/h7-16,21,30-36H,17-18H2,1-6H3,(H,45,47)(H,46,48)/t21-,30-,31+,32-,33?,34?,35?,36?/m1/s1. The van der Waals surface area contributed by atoms with Crippen LogP contribution < -0.4 is 0 Å².